The molecular formula is C21H27NO4. The van der Waals surface area contributed by atoms with E-state index < -0.39 is 23.2 Å². The lowest BCUT2D eigenvalue weighted by Gasteiger charge is -2.64. The Morgan fingerprint density at radius 3 is 2.81 bits per heavy atom. The van der Waals surface area contributed by atoms with Crippen LogP contribution in [-0.4, -0.2) is 57.2 Å². The first kappa shape index (κ1) is 15.7. The maximum absolute atomic E-state index is 12.1. The van der Waals surface area contributed by atoms with Gasteiger partial charge in [-0.15, -0.1) is 0 Å². The Morgan fingerprint density at radius 2 is 2.04 bits per heavy atom. The van der Waals surface area contributed by atoms with Crippen molar-refractivity contribution in [3.05, 3.63) is 23.3 Å². The summed E-state index contributed by atoms with van der Waals surface area (Å²) >= 11 is 0. The van der Waals surface area contributed by atoms with Gasteiger partial charge in [0, 0.05) is 18.2 Å². The van der Waals surface area contributed by atoms with Gasteiger partial charge in [0.1, 0.15) is 6.10 Å². The van der Waals surface area contributed by atoms with Gasteiger partial charge in [0.15, 0.2) is 11.5 Å². The van der Waals surface area contributed by atoms with E-state index in [1.54, 1.807) is 6.07 Å². The van der Waals surface area contributed by atoms with Gasteiger partial charge >= 0.3 is 0 Å². The van der Waals surface area contributed by atoms with Crippen LogP contribution in [0.5, 0.6) is 11.5 Å². The minimum absolute atomic E-state index is 0.0819. The average Bonchev–Trinajstić information content (AvgIpc) is 2.93. The first-order valence-corrected chi connectivity index (χ1v) is 10.2. The lowest BCUT2D eigenvalue weighted by atomic mass is 9.48. The number of hydrogen-bond donors (Lipinski definition) is 3. The van der Waals surface area contributed by atoms with Gasteiger partial charge < -0.3 is 20.1 Å². The molecule has 26 heavy (non-hydrogen) atoms. The fourth-order valence-corrected chi connectivity index (χ4v) is 6.83. The summed E-state index contributed by atoms with van der Waals surface area (Å²) < 4.78 is 6.16. The van der Waals surface area contributed by atoms with E-state index in [9.17, 15) is 15.3 Å². The van der Waals surface area contributed by atoms with E-state index >= 15 is 0 Å². The zero-order chi connectivity index (χ0) is 17.7. The molecular weight excluding hydrogens is 330 g/mol. The van der Waals surface area contributed by atoms with Crippen LogP contribution < -0.4 is 4.74 Å². The van der Waals surface area contributed by atoms with Crippen molar-refractivity contribution < 1.29 is 20.1 Å². The number of ether oxygens (including phenoxy) is 1. The first-order chi connectivity index (χ1) is 12.5. The molecule has 2 saturated carbocycles. The Kier molecular flexibility index (Phi) is 2.99. The number of benzene rings is 1. The maximum Gasteiger partial charge on any atom is 0.165 e. The van der Waals surface area contributed by atoms with E-state index in [1.807, 2.05) is 6.07 Å². The Labute approximate surface area is 153 Å². The van der Waals surface area contributed by atoms with Gasteiger partial charge in [-0.25, -0.2) is 0 Å². The fraction of sp³-hybridized carbons (Fsp3) is 0.714. The molecule has 1 aromatic carbocycles. The molecule has 3 fully saturated rings. The van der Waals surface area contributed by atoms with Crippen LogP contribution in [-0.2, 0) is 11.8 Å². The highest BCUT2D eigenvalue weighted by Crippen LogP contribution is 2.65. The monoisotopic (exact) mass is 357 g/mol. The summed E-state index contributed by atoms with van der Waals surface area (Å²) in [7, 11) is 0. The number of phenolic OH excluding ortho intramolecular Hbond substituents is 1. The van der Waals surface area contributed by atoms with Crippen LogP contribution in [0.2, 0.25) is 0 Å². The molecule has 1 saturated heterocycles. The lowest BCUT2D eigenvalue weighted by Crippen LogP contribution is -2.77. The van der Waals surface area contributed by atoms with Gasteiger partial charge in [0.25, 0.3) is 0 Å². The van der Waals surface area contributed by atoms with E-state index in [0.29, 0.717) is 18.6 Å². The number of aliphatic hydroxyl groups excluding tert-OH is 1. The summed E-state index contributed by atoms with van der Waals surface area (Å²) in [6, 6.07) is 3.80. The molecule has 0 radical (unpaired) electrons. The van der Waals surface area contributed by atoms with Gasteiger partial charge in [0.05, 0.1) is 17.1 Å². The second-order valence-electron chi connectivity index (χ2n) is 9.25. The molecule has 3 N–H and O–H groups in total. The molecule has 5 aliphatic rings. The number of piperidine rings is 1. The van der Waals surface area contributed by atoms with E-state index in [2.05, 4.69) is 4.90 Å². The standard InChI is InChI=1S/C21H27NO4/c23-14-5-4-13-10-16-21(25)7-6-15(24)19-20(21,17(13)18(14)26-19)8-9-22(16)11-12-2-1-3-12/h4-5,12,15-16,19,23-25H,1-3,6-11H2/t15-,16+,19?,20?,21+/m1/s1. The lowest BCUT2D eigenvalue weighted by molar-refractivity contribution is -0.209. The summed E-state index contributed by atoms with van der Waals surface area (Å²) in [5.41, 5.74) is 0.712. The number of rotatable bonds is 2. The molecule has 3 aliphatic carbocycles. The number of hydrogen-bond acceptors (Lipinski definition) is 5. The molecule has 2 aliphatic heterocycles. The van der Waals surface area contributed by atoms with Crippen molar-refractivity contribution in [1.29, 1.82) is 0 Å². The summed E-state index contributed by atoms with van der Waals surface area (Å²) in [6.07, 6.45) is 5.68. The third-order valence-electron chi connectivity index (χ3n) is 8.26. The minimum Gasteiger partial charge on any atom is -0.504 e. The van der Waals surface area contributed by atoms with Crippen LogP contribution in [0.15, 0.2) is 12.1 Å². The number of aliphatic hydroxyl groups is 2. The van der Waals surface area contributed by atoms with Gasteiger partial charge in [0.2, 0.25) is 0 Å². The van der Waals surface area contributed by atoms with Gasteiger partial charge in [-0.2, -0.15) is 0 Å². The van der Waals surface area contributed by atoms with Crippen molar-refractivity contribution >= 4 is 0 Å². The summed E-state index contributed by atoms with van der Waals surface area (Å²) in [5, 5.41) is 33.2. The predicted molar refractivity (Wildman–Crippen MR) is 95.4 cm³/mol. The minimum atomic E-state index is -0.884. The van der Waals surface area contributed by atoms with Crippen LogP contribution in [0.25, 0.3) is 0 Å². The van der Waals surface area contributed by atoms with Crippen LogP contribution in [0, 0.1) is 5.92 Å². The molecule has 5 heteroatoms. The smallest absolute Gasteiger partial charge is 0.165 e. The average molecular weight is 357 g/mol. The predicted octanol–water partition coefficient (Wildman–Crippen LogP) is 1.71. The zero-order valence-corrected chi connectivity index (χ0v) is 15.0. The van der Waals surface area contributed by atoms with Crippen LogP contribution in [0.1, 0.15) is 49.7 Å². The van der Waals surface area contributed by atoms with Gasteiger partial charge in [-0.3, -0.25) is 4.90 Å². The maximum atomic E-state index is 12.1. The van der Waals surface area contributed by atoms with E-state index in [4.69, 9.17) is 4.74 Å². The van der Waals surface area contributed by atoms with Crippen molar-refractivity contribution in [2.45, 2.75) is 74.2 Å². The molecule has 2 heterocycles. The summed E-state index contributed by atoms with van der Waals surface area (Å²) in [6.45, 7) is 2.02. The molecule has 1 spiro atoms. The Bertz CT molecular complexity index is 778. The number of nitrogens with zero attached hydrogens (tertiary/aromatic N) is 1. The normalized spacial score (nSPS) is 43.5. The molecule has 140 valence electrons. The van der Waals surface area contributed by atoms with Gasteiger partial charge in [-0.05, 0) is 62.6 Å². The van der Waals surface area contributed by atoms with Crippen LogP contribution >= 0.6 is 0 Å². The molecule has 5 nitrogen and oxygen atoms in total. The number of aromatic hydroxyl groups is 1. The highest BCUT2D eigenvalue weighted by Gasteiger charge is 2.72. The van der Waals surface area contributed by atoms with E-state index in [1.165, 1.54) is 24.8 Å². The second-order valence-corrected chi connectivity index (χ2v) is 9.25. The topological polar surface area (TPSA) is 73.2 Å². The van der Waals surface area contributed by atoms with Crippen molar-refractivity contribution in [2.24, 2.45) is 5.92 Å². The van der Waals surface area contributed by atoms with E-state index in [0.717, 1.165) is 37.4 Å². The largest absolute Gasteiger partial charge is 0.504 e. The zero-order valence-electron chi connectivity index (χ0n) is 15.0. The van der Waals surface area contributed by atoms with Crippen LogP contribution in [0.4, 0.5) is 0 Å². The Balaban J connectivity index is 1.52. The highest BCUT2D eigenvalue weighted by molar-refractivity contribution is 5.62. The van der Waals surface area contributed by atoms with Crippen LogP contribution in [0.3, 0.4) is 0 Å². The molecule has 0 aromatic heterocycles. The first-order valence-electron chi connectivity index (χ1n) is 10.2. The van der Waals surface area contributed by atoms with Crippen molar-refractivity contribution in [3.63, 3.8) is 0 Å². The Morgan fingerprint density at radius 1 is 1.19 bits per heavy atom. The quantitative estimate of drug-likeness (QED) is 0.751. The second kappa shape index (κ2) is 4.94. The summed E-state index contributed by atoms with van der Waals surface area (Å²) in [4.78, 5) is 2.53. The molecule has 2 unspecified atom stereocenters. The van der Waals surface area contributed by atoms with E-state index in [-0.39, 0.29) is 11.8 Å². The van der Waals surface area contributed by atoms with Gasteiger partial charge in [-0.1, -0.05) is 12.5 Å². The highest BCUT2D eigenvalue weighted by atomic mass is 16.5. The molecule has 0 amide bonds. The summed E-state index contributed by atoms with van der Waals surface area (Å²) in [5.74, 6) is 1.42. The number of phenols is 1. The molecule has 1 aromatic rings. The molecule has 6 rings (SSSR count). The van der Waals surface area contributed by atoms with Crippen molar-refractivity contribution in [2.75, 3.05) is 13.1 Å². The van der Waals surface area contributed by atoms with Crippen molar-refractivity contribution in [1.82, 2.24) is 4.90 Å². The molecule has 5 atom stereocenters. The number of likely N-dealkylation sites (tertiary alicyclic amines) is 1. The Hall–Kier alpha value is -1.30. The third-order valence-corrected chi connectivity index (χ3v) is 8.26. The SMILES string of the molecule is Oc1ccc2c3c1OC1[C@H](O)CC[C@]4(O)[C@H](C2)N(CC2CCC2)CCC314. The van der Waals surface area contributed by atoms with Crippen molar-refractivity contribution in [3.8, 4) is 11.5 Å². The third kappa shape index (κ3) is 1.64. The molecule has 2 bridgehead atoms. The fourth-order valence-electron chi connectivity index (χ4n) is 6.83.